The maximum Gasteiger partial charge on any atom is 0.195 e. The lowest BCUT2D eigenvalue weighted by Crippen LogP contribution is -2.22. The van der Waals surface area contributed by atoms with Crippen molar-refractivity contribution in [3.63, 3.8) is 0 Å². The molecule has 0 radical (unpaired) electrons. The molecule has 0 aliphatic carbocycles. The van der Waals surface area contributed by atoms with Gasteiger partial charge in [-0.1, -0.05) is 74.1 Å². The van der Waals surface area contributed by atoms with Crippen molar-refractivity contribution in [1.82, 2.24) is 0 Å². The van der Waals surface area contributed by atoms with Crippen LogP contribution < -0.4 is 5.30 Å². The summed E-state index contributed by atoms with van der Waals surface area (Å²) < 4.78 is 56.4. The summed E-state index contributed by atoms with van der Waals surface area (Å²) in [5.41, 5.74) is -0.413. The Morgan fingerprint density at radius 3 is 2.00 bits per heavy atom. The SMILES string of the molecule is CCCC(CC)CCC(C)CP(CCC)c1c(F)c(C)c(F)c(F)c1F. The van der Waals surface area contributed by atoms with Crippen LogP contribution in [0.15, 0.2) is 0 Å². The lowest BCUT2D eigenvalue weighted by atomic mass is 9.92. The van der Waals surface area contributed by atoms with Gasteiger partial charge in [0.2, 0.25) is 0 Å². The van der Waals surface area contributed by atoms with Crippen LogP contribution >= 0.6 is 7.92 Å². The lowest BCUT2D eigenvalue weighted by Gasteiger charge is -2.25. The minimum absolute atomic E-state index is 0.203. The second-order valence-corrected chi connectivity index (χ2v) is 9.76. The van der Waals surface area contributed by atoms with Crippen LogP contribution in [0.2, 0.25) is 0 Å². The molecule has 0 bridgehead atoms. The van der Waals surface area contributed by atoms with Crippen molar-refractivity contribution < 1.29 is 17.6 Å². The van der Waals surface area contributed by atoms with E-state index >= 15 is 0 Å². The fraction of sp³-hybridized carbons (Fsp3) is 0.714. The van der Waals surface area contributed by atoms with Gasteiger partial charge in [0, 0.05) is 5.56 Å². The molecule has 26 heavy (non-hydrogen) atoms. The molecule has 1 rings (SSSR count). The maximum absolute atomic E-state index is 14.6. The lowest BCUT2D eigenvalue weighted by molar-refractivity contribution is 0.389. The molecule has 3 atom stereocenters. The third kappa shape index (κ3) is 5.94. The van der Waals surface area contributed by atoms with Crippen LogP contribution in [0.1, 0.15) is 71.8 Å². The second-order valence-electron chi connectivity index (χ2n) is 7.42. The Balaban J connectivity index is 2.96. The second kappa shape index (κ2) is 11.3. The normalized spacial score (nSPS) is 15.1. The van der Waals surface area contributed by atoms with Crippen LogP contribution in [0.3, 0.4) is 0 Å². The van der Waals surface area contributed by atoms with E-state index in [4.69, 9.17) is 0 Å². The summed E-state index contributed by atoms with van der Waals surface area (Å²) in [6.45, 7) is 9.62. The molecular weight excluding hydrogens is 359 g/mol. The van der Waals surface area contributed by atoms with E-state index in [1.807, 2.05) is 6.92 Å². The monoisotopic (exact) mass is 392 g/mol. The minimum Gasteiger partial charge on any atom is -0.206 e. The van der Waals surface area contributed by atoms with Gasteiger partial charge in [0.15, 0.2) is 17.5 Å². The molecule has 0 aromatic heterocycles. The highest BCUT2D eigenvalue weighted by Crippen LogP contribution is 2.41. The average Bonchev–Trinajstić information content (AvgIpc) is 2.62. The van der Waals surface area contributed by atoms with Gasteiger partial charge in [-0.3, -0.25) is 0 Å². The van der Waals surface area contributed by atoms with Gasteiger partial charge < -0.3 is 0 Å². The molecule has 5 heteroatoms. The molecule has 0 saturated carbocycles. The molecule has 1 aromatic carbocycles. The highest BCUT2D eigenvalue weighted by atomic mass is 31.1. The van der Waals surface area contributed by atoms with Gasteiger partial charge in [-0.15, -0.1) is 0 Å². The van der Waals surface area contributed by atoms with Crippen molar-refractivity contribution in [2.75, 3.05) is 12.3 Å². The van der Waals surface area contributed by atoms with Crippen LogP contribution in [0.25, 0.3) is 0 Å². The molecule has 0 spiro atoms. The number of halogens is 4. The van der Waals surface area contributed by atoms with Crippen molar-refractivity contribution in [3.8, 4) is 0 Å². The quantitative estimate of drug-likeness (QED) is 0.160. The molecule has 0 heterocycles. The van der Waals surface area contributed by atoms with Crippen LogP contribution in [0.4, 0.5) is 17.6 Å². The van der Waals surface area contributed by atoms with E-state index in [0.717, 1.165) is 25.7 Å². The minimum atomic E-state index is -1.54. The van der Waals surface area contributed by atoms with Crippen LogP contribution in [-0.4, -0.2) is 12.3 Å². The zero-order valence-corrected chi connectivity index (χ0v) is 17.7. The fourth-order valence-electron chi connectivity index (χ4n) is 3.53. The van der Waals surface area contributed by atoms with Crippen molar-refractivity contribution in [3.05, 3.63) is 28.8 Å². The molecule has 1 aromatic rings. The molecule has 0 nitrogen and oxygen atoms in total. The summed E-state index contributed by atoms with van der Waals surface area (Å²) in [5.74, 6) is -4.16. The zero-order valence-electron chi connectivity index (χ0n) is 16.8. The van der Waals surface area contributed by atoms with Gasteiger partial charge in [-0.25, -0.2) is 17.6 Å². The average molecular weight is 392 g/mol. The van der Waals surface area contributed by atoms with Crippen molar-refractivity contribution in [2.24, 2.45) is 11.8 Å². The van der Waals surface area contributed by atoms with Crippen molar-refractivity contribution in [1.29, 1.82) is 0 Å². The van der Waals surface area contributed by atoms with E-state index in [9.17, 15) is 17.6 Å². The van der Waals surface area contributed by atoms with Gasteiger partial charge in [0.05, 0.1) is 5.30 Å². The molecule has 0 aliphatic heterocycles. The van der Waals surface area contributed by atoms with E-state index in [1.54, 1.807) is 0 Å². The first-order valence-corrected chi connectivity index (χ1v) is 11.6. The predicted octanol–water partition coefficient (Wildman–Crippen LogP) is 7.31. The smallest absolute Gasteiger partial charge is 0.195 e. The van der Waals surface area contributed by atoms with E-state index in [0.29, 0.717) is 24.2 Å². The predicted molar refractivity (Wildman–Crippen MR) is 105 cm³/mol. The van der Waals surface area contributed by atoms with Gasteiger partial charge >= 0.3 is 0 Å². The zero-order chi connectivity index (χ0) is 19.9. The summed E-state index contributed by atoms with van der Waals surface area (Å²) in [6, 6.07) is 0. The van der Waals surface area contributed by atoms with E-state index in [1.165, 1.54) is 19.8 Å². The van der Waals surface area contributed by atoms with E-state index < -0.39 is 36.8 Å². The molecule has 0 N–H and O–H groups in total. The molecular formula is C21H33F4P. The first kappa shape index (κ1) is 23.4. The number of benzene rings is 1. The molecule has 0 saturated heterocycles. The first-order chi connectivity index (χ1) is 12.3. The third-order valence-corrected chi connectivity index (χ3v) is 8.22. The Hall–Kier alpha value is -0.630. The Morgan fingerprint density at radius 1 is 0.808 bits per heavy atom. The number of rotatable bonds is 11. The van der Waals surface area contributed by atoms with Gasteiger partial charge in [0.1, 0.15) is 5.82 Å². The summed E-state index contributed by atoms with van der Waals surface area (Å²) in [6.07, 6.45) is 7.70. The Kier molecular flexibility index (Phi) is 10.1. The summed E-state index contributed by atoms with van der Waals surface area (Å²) in [4.78, 5) is 0. The van der Waals surface area contributed by atoms with Crippen LogP contribution in [0, 0.1) is 42.0 Å². The van der Waals surface area contributed by atoms with Crippen LogP contribution in [-0.2, 0) is 0 Å². The van der Waals surface area contributed by atoms with E-state index in [2.05, 4.69) is 20.8 Å². The summed E-state index contributed by atoms with van der Waals surface area (Å²) in [5, 5.41) is -0.203. The van der Waals surface area contributed by atoms with Gasteiger partial charge in [-0.2, -0.15) is 0 Å². The summed E-state index contributed by atoms with van der Waals surface area (Å²) in [7, 11) is -1.18. The topological polar surface area (TPSA) is 0 Å². The first-order valence-electron chi connectivity index (χ1n) is 9.85. The standard InChI is InChI=1S/C21H33F4P/c1-6-9-16(8-3)11-10-14(4)13-26(12-7-2)21-18(23)15(5)17(22)19(24)20(21)25/h14,16H,6-13H2,1-5H3. The molecule has 0 amide bonds. The van der Waals surface area contributed by atoms with E-state index in [-0.39, 0.29) is 5.30 Å². The Morgan fingerprint density at radius 2 is 1.46 bits per heavy atom. The highest BCUT2D eigenvalue weighted by molar-refractivity contribution is 7.65. The molecule has 3 unspecified atom stereocenters. The fourth-order valence-corrected chi connectivity index (χ4v) is 6.41. The highest BCUT2D eigenvalue weighted by Gasteiger charge is 2.28. The molecule has 150 valence electrons. The molecule has 0 fully saturated rings. The van der Waals surface area contributed by atoms with Crippen LogP contribution in [0.5, 0.6) is 0 Å². The third-order valence-electron chi connectivity index (χ3n) is 5.14. The number of hydrogen-bond donors (Lipinski definition) is 0. The largest absolute Gasteiger partial charge is 0.206 e. The maximum atomic E-state index is 14.6. The van der Waals surface area contributed by atoms with Crippen molar-refractivity contribution >= 4 is 13.2 Å². The van der Waals surface area contributed by atoms with Crippen molar-refractivity contribution in [2.45, 2.75) is 73.1 Å². The number of hydrogen-bond acceptors (Lipinski definition) is 0. The Bertz CT molecular complexity index is 545. The molecule has 0 aliphatic rings. The summed E-state index contributed by atoms with van der Waals surface area (Å²) >= 11 is 0. The Labute approximate surface area is 157 Å². The van der Waals surface area contributed by atoms with Gasteiger partial charge in [-0.05, 0) is 31.1 Å². The van der Waals surface area contributed by atoms with Gasteiger partial charge in [0.25, 0.3) is 0 Å².